The smallest absolute Gasteiger partial charge is 0.322 e. The Bertz CT molecular complexity index is 1400. The van der Waals surface area contributed by atoms with E-state index in [0.29, 0.717) is 12.5 Å². The largest absolute Gasteiger partial charge is 0.334 e. The van der Waals surface area contributed by atoms with Crippen molar-refractivity contribution in [2.45, 2.75) is 87.6 Å². The SMILES string of the molecule is CCSc1ccc(CNC(=O)N2CC3(CCCC3)c3nc(-c4cc(CN5CCCC5)ccc4C4CC4)ccc32)cc1. The summed E-state index contributed by atoms with van der Waals surface area (Å²) in [6.45, 7) is 6.89. The fourth-order valence-corrected chi connectivity index (χ4v) is 7.98. The Morgan fingerprint density at radius 3 is 2.46 bits per heavy atom. The van der Waals surface area contributed by atoms with Crippen LogP contribution in [0.1, 0.15) is 86.6 Å². The van der Waals surface area contributed by atoms with E-state index < -0.39 is 0 Å². The van der Waals surface area contributed by atoms with Crippen LogP contribution in [0.3, 0.4) is 0 Å². The number of benzene rings is 2. The number of urea groups is 1. The van der Waals surface area contributed by atoms with Crippen LogP contribution in [0, 0.1) is 0 Å². The molecule has 0 atom stereocenters. The van der Waals surface area contributed by atoms with E-state index in [1.165, 1.54) is 73.2 Å². The molecule has 0 unspecified atom stereocenters. The number of carbonyl (C=O) groups is 1. The minimum absolute atomic E-state index is 0.0112. The summed E-state index contributed by atoms with van der Waals surface area (Å²) < 4.78 is 0. The molecule has 3 heterocycles. The van der Waals surface area contributed by atoms with E-state index in [9.17, 15) is 4.79 Å². The first-order valence-corrected chi connectivity index (χ1v) is 16.7. The second-order valence-corrected chi connectivity index (χ2v) is 13.9. The first-order valence-electron chi connectivity index (χ1n) is 15.8. The molecule has 2 aliphatic carbocycles. The highest BCUT2D eigenvalue weighted by Gasteiger charge is 2.48. The molecule has 4 aliphatic rings. The molecule has 7 rings (SSSR count). The summed E-state index contributed by atoms with van der Waals surface area (Å²) in [5.41, 5.74) is 8.52. The summed E-state index contributed by atoms with van der Waals surface area (Å²) in [6.07, 6.45) is 9.83. The van der Waals surface area contributed by atoms with Gasteiger partial charge in [-0.2, -0.15) is 0 Å². The van der Waals surface area contributed by atoms with Crippen LogP contribution >= 0.6 is 11.8 Å². The van der Waals surface area contributed by atoms with Crippen molar-refractivity contribution in [1.29, 1.82) is 0 Å². The van der Waals surface area contributed by atoms with Gasteiger partial charge in [-0.05, 0) is 110 Å². The molecule has 0 bridgehead atoms. The molecule has 41 heavy (non-hydrogen) atoms. The van der Waals surface area contributed by atoms with Gasteiger partial charge in [-0.25, -0.2) is 9.78 Å². The summed E-state index contributed by atoms with van der Waals surface area (Å²) >= 11 is 1.84. The van der Waals surface area contributed by atoms with Gasteiger partial charge in [0.2, 0.25) is 0 Å². The average Bonchev–Trinajstić information content (AvgIpc) is 3.37. The number of hydrogen-bond donors (Lipinski definition) is 1. The van der Waals surface area contributed by atoms with E-state index in [4.69, 9.17) is 4.98 Å². The first kappa shape index (κ1) is 27.0. The molecule has 2 amide bonds. The van der Waals surface area contributed by atoms with Gasteiger partial charge in [0.15, 0.2) is 0 Å². The maximum atomic E-state index is 13.6. The number of thioether (sulfide) groups is 1. The van der Waals surface area contributed by atoms with Crippen LogP contribution in [-0.2, 0) is 18.5 Å². The van der Waals surface area contributed by atoms with Crippen molar-refractivity contribution in [2.75, 3.05) is 30.3 Å². The van der Waals surface area contributed by atoms with Gasteiger partial charge in [0.1, 0.15) is 0 Å². The van der Waals surface area contributed by atoms with Crippen molar-refractivity contribution in [3.05, 3.63) is 77.0 Å². The topological polar surface area (TPSA) is 48.5 Å². The van der Waals surface area contributed by atoms with Crippen LogP contribution in [-0.4, -0.2) is 41.3 Å². The number of fused-ring (bicyclic) bond motifs is 2. The molecule has 3 aromatic rings. The number of pyridine rings is 1. The van der Waals surface area contributed by atoms with Crippen LogP contribution in [0.15, 0.2) is 59.5 Å². The van der Waals surface area contributed by atoms with E-state index in [-0.39, 0.29) is 11.4 Å². The molecule has 6 heteroatoms. The fourth-order valence-electron chi connectivity index (χ4n) is 7.32. The molecule has 1 aromatic heterocycles. The zero-order valence-corrected chi connectivity index (χ0v) is 25.1. The Morgan fingerprint density at radius 2 is 1.73 bits per heavy atom. The van der Waals surface area contributed by atoms with Crippen molar-refractivity contribution < 1.29 is 4.79 Å². The molecular formula is C35H42N4OS. The third-order valence-corrected chi connectivity index (χ3v) is 10.5. The predicted molar refractivity (Wildman–Crippen MR) is 169 cm³/mol. The molecule has 0 radical (unpaired) electrons. The zero-order valence-electron chi connectivity index (χ0n) is 24.3. The lowest BCUT2D eigenvalue weighted by atomic mass is 9.84. The molecule has 1 saturated heterocycles. The lowest BCUT2D eigenvalue weighted by Crippen LogP contribution is -2.41. The van der Waals surface area contributed by atoms with Crippen molar-refractivity contribution in [3.8, 4) is 11.3 Å². The monoisotopic (exact) mass is 566 g/mol. The Balaban J connectivity index is 1.16. The number of anilines is 1. The molecule has 3 fully saturated rings. The van der Waals surface area contributed by atoms with Gasteiger partial charge >= 0.3 is 6.03 Å². The molecule has 1 N–H and O–H groups in total. The average molecular weight is 567 g/mol. The third kappa shape index (κ3) is 5.53. The van der Waals surface area contributed by atoms with E-state index in [1.807, 2.05) is 16.7 Å². The highest BCUT2D eigenvalue weighted by molar-refractivity contribution is 7.99. The maximum absolute atomic E-state index is 13.6. The van der Waals surface area contributed by atoms with Crippen LogP contribution in [0.5, 0.6) is 0 Å². The molecule has 214 valence electrons. The van der Waals surface area contributed by atoms with Crippen LogP contribution in [0.4, 0.5) is 10.5 Å². The summed E-state index contributed by atoms with van der Waals surface area (Å²) in [6, 6.07) is 20.0. The highest BCUT2D eigenvalue weighted by atomic mass is 32.2. The molecular weight excluding hydrogens is 524 g/mol. The van der Waals surface area contributed by atoms with E-state index in [1.54, 1.807) is 0 Å². The van der Waals surface area contributed by atoms with E-state index >= 15 is 0 Å². The molecule has 2 saturated carbocycles. The number of nitrogens with zero attached hydrogens (tertiary/aromatic N) is 3. The number of amides is 2. The quantitative estimate of drug-likeness (QED) is 0.282. The minimum atomic E-state index is -0.0192. The molecule has 2 aromatic carbocycles. The van der Waals surface area contributed by atoms with Crippen LogP contribution < -0.4 is 10.2 Å². The van der Waals surface area contributed by atoms with Crippen LogP contribution in [0.25, 0.3) is 11.3 Å². The summed E-state index contributed by atoms with van der Waals surface area (Å²) in [5, 5.41) is 3.21. The van der Waals surface area contributed by atoms with Gasteiger partial charge in [-0.15, -0.1) is 11.8 Å². The summed E-state index contributed by atoms with van der Waals surface area (Å²) in [7, 11) is 0. The Kier molecular flexibility index (Phi) is 7.55. The summed E-state index contributed by atoms with van der Waals surface area (Å²) in [4.78, 5) is 24.9. The van der Waals surface area contributed by atoms with E-state index in [0.717, 1.165) is 54.3 Å². The standard InChI is InChI=1S/C35H42N4OS/c1-2-41-28-12-7-25(8-13-28)22-36-34(40)39-24-35(17-3-4-18-35)33-32(39)16-15-31(37-33)30-21-26(23-38-19-5-6-20-38)9-14-29(30)27-10-11-27/h7-9,12-16,21,27H,2-6,10-11,17-20,22-24H2,1H3,(H,36,40). The predicted octanol–water partition coefficient (Wildman–Crippen LogP) is 7.88. The van der Waals surface area contributed by atoms with Gasteiger partial charge in [0.05, 0.1) is 17.1 Å². The molecule has 2 aliphatic heterocycles. The van der Waals surface area contributed by atoms with Crippen molar-refractivity contribution >= 4 is 23.5 Å². The zero-order chi connectivity index (χ0) is 27.8. The number of likely N-dealkylation sites (tertiary alicyclic amines) is 1. The number of hydrogen-bond acceptors (Lipinski definition) is 4. The van der Waals surface area contributed by atoms with Crippen molar-refractivity contribution in [3.63, 3.8) is 0 Å². The third-order valence-electron chi connectivity index (χ3n) is 9.63. The fraction of sp³-hybridized carbons (Fsp3) is 0.486. The number of carbonyl (C=O) groups excluding carboxylic acids is 1. The van der Waals surface area contributed by atoms with Gasteiger partial charge in [-0.1, -0.05) is 44.0 Å². The maximum Gasteiger partial charge on any atom is 0.322 e. The van der Waals surface area contributed by atoms with Crippen molar-refractivity contribution in [1.82, 2.24) is 15.2 Å². The number of rotatable bonds is 8. The normalized spacial score (nSPS) is 19.7. The lowest BCUT2D eigenvalue weighted by Gasteiger charge is -2.24. The van der Waals surface area contributed by atoms with Crippen LogP contribution in [0.2, 0.25) is 0 Å². The number of aromatic nitrogens is 1. The second kappa shape index (κ2) is 11.4. The Labute approximate surface area is 249 Å². The van der Waals surface area contributed by atoms with Crippen molar-refractivity contribution in [2.24, 2.45) is 0 Å². The summed E-state index contributed by atoms with van der Waals surface area (Å²) in [5.74, 6) is 1.73. The molecule has 5 nitrogen and oxygen atoms in total. The molecule has 1 spiro atoms. The minimum Gasteiger partial charge on any atom is -0.334 e. The first-order chi connectivity index (χ1) is 20.1. The van der Waals surface area contributed by atoms with Gasteiger partial charge in [0.25, 0.3) is 0 Å². The Morgan fingerprint density at radius 1 is 0.976 bits per heavy atom. The second-order valence-electron chi connectivity index (χ2n) is 12.6. The highest BCUT2D eigenvalue weighted by Crippen LogP contribution is 2.51. The number of nitrogens with one attached hydrogen (secondary N) is 1. The lowest BCUT2D eigenvalue weighted by molar-refractivity contribution is 0.245. The van der Waals surface area contributed by atoms with Gasteiger partial charge < -0.3 is 5.32 Å². The van der Waals surface area contributed by atoms with E-state index in [2.05, 4.69) is 71.7 Å². The Hall–Kier alpha value is -2.83. The van der Waals surface area contributed by atoms with Gasteiger partial charge in [0, 0.05) is 35.5 Å². The van der Waals surface area contributed by atoms with Gasteiger partial charge in [-0.3, -0.25) is 9.80 Å².